The monoisotopic (exact) mass is 420 g/mol. The van der Waals surface area contributed by atoms with Gasteiger partial charge in [0.2, 0.25) is 0 Å². The summed E-state index contributed by atoms with van der Waals surface area (Å²) in [6, 6.07) is 0. The van der Waals surface area contributed by atoms with Gasteiger partial charge in [0.05, 0.1) is 6.61 Å². The van der Waals surface area contributed by atoms with Crippen LogP contribution in [0.1, 0.15) is 46.5 Å². The molecule has 0 bridgehead atoms. The first kappa shape index (κ1) is 25.8. The molecule has 0 aromatic heterocycles. The molecule has 0 aliphatic rings. The van der Waals surface area contributed by atoms with Crippen molar-refractivity contribution >= 4 is 19.5 Å². The third kappa shape index (κ3) is 9.05. The Balaban J connectivity index is 6.05. The lowest BCUT2D eigenvalue weighted by molar-refractivity contribution is -0.191. The summed E-state index contributed by atoms with van der Waals surface area (Å²) in [5, 5.41) is 0. The van der Waals surface area contributed by atoms with Crippen molar-refractivity contribution in [3.8, 4) is 0 Å². The van der Waals surface area contributed by atoms with Crippen molar-refractivity contribution in [1.29, 1.82) is 0 Å². The van der Waals surface area contributed by atoms with E-state index in [0.29, 0.717) is 25.7 Å². The Morgan fingerprint density at radius 2 is 1.56 bits per heavy atom. The number of carbonyl (C=O) groups is 2. The number of hydrogen-bond donors (Lipinski definition) is 2. The van der Waals surface area contributed by atoms with Crippen LogP contribution in [0, 0.1) is 0 Å². The van der Waals surface area contributed by atoms with Crippen LogP contribution in [-0.2, 0) is 18.9 Å². The van der Waals surface area contributed by atoms with E-state index in [9.17, 15) is 37.1 Å². The fraction of sp³-hybridized carbons (Fsp3) is 0.867. The normalized spacial score (nSPS) is 13.5. The smallest absolute Gasteiger partial charge is 0.465 e. The number of unbranched alkanes of at least 4 members (excludes halogenated alkanes) is 2. The average Bonchev–Trinajstić information content (AvgIpc) is 2.53. The zero-order chi connectivity index (χ0) is 21.3. The average molecular weight is 420 g/mol. The Labute approximate surface area is 156 Å². The number of rotatable bonds is 12. The number of nitrogens with zero attached hydrogens (tertiary/aromatic N) is 2. The molecule has 0 aliphatic heterocycles. The molecule has 8 nitrogen and oxygen atoms in total. The summed E-state index contributed by atoms with van der Waals surface area (Å²) in [4.78, 5) is 44.1. The fourth-order valence-corrected chi connectivity index (χ4v) is 3.63. The van der Waals surface area contributed by atoms with Crippen LogP contribution in [0.15, 0.2) is 0 Å². The summed E-state index contributed by atoms with van der Waals surface area (Å²) in [6.07, 6.45) is -3.24. The number of ether oxygens (including phenoxy) is 1. The van der Waals surface area contributed by atoms with Crippen LogP contribution >= 0.6 is 7.60 Å². The molecule has 1 atom stereocenters. The Morgan fingerprint density at radius 3 is 1.89 bits per heavy atom. The van der Waals surface area contributed by atoms with Crippen molar-refractivity contribution in [2.75, 3.05) is 26.2 Å². The van der Waals surface area contributed by atoms with Gasteiger partial charge in [0.1, 0.15) is 6.54 Å². The zero-order valence-corrected chi connectivity index (χ0v) is 16.6. The summed E-state index contributed by atoms with van der Waals surface area (Å²) >= 11 is 0. The van der Waals surface area contributed by atoms with Gasteiger partial charge in [-0.3, -0.25) is 24.0 Å². The van der Waals surface area contributed by atoms with Crippen LogP contribution in [0.25, 0.3) is 0 Å². The molecule has 0 saturated carbocycles. The third-order valence-electron chi connectivity index (χ3n) is 3.61. The number of amides is 1. The molecule has 0 aliphatic carbocycles. The first-order chi connectivity index (χ1) is 12.4. The van der Waals surface area contributed by atoms with Crippen LogP contribution in [0.2, 0.25) is 0 Å². The van der Waals surface area contributed by atoms with Gasteiger partial charge in [0.15, 0.2) is 5.91 Å². The minimum Gasteiger partial charge on any atom is -0.465 e. The van der Waals surface area contributed by atoms with Crippen molar-refractivity contribution in [2.45, 2.75) is 58.5 Å². The van der Waals surface area contributed by atoms with E-state index >= 15 is 0 Å². The quantitative estimate of drug-likeness (QED) is 0.283. The Hall–Kier alpha value is -1.16. The van der Waals surface area contributed by atoms with E-state index < -0.39 is 38.1 Å². The largest absolute Gasteiger partial charge is 0.471 e. The fourth-order valence-electron chi connectivity index (χ4n) is 2.42. The molecule has 0 aromatic carbocycles. The van der Waals surface area contributed by atoms with Gasteiger partial charge in [-0.2, -0.15) is 13.2 Å². The van der Waals surface area contributed by atoms with Crippen LogP contribution in [-0.4, -0.2) is 69.8 Å². The van der Waals surface area contributed by atoms with Crippen molar-refractivity contribution in [1.82, 2.24) is 9.80 Å². The second-order valence-electron chi connectivity index (χ2n) is 5.91. The van der Waals surface area contributed by atoms with Gasteiger partial charge in [-0.15, -0.1) is 0 Å². The van der Waals surface area contributed by atoms with E-state index in [2.05, 4.69) is 4.74 Å². The van der Waals surface area contributed by atoms with Crippen molar-refractivity contribution in [3.05, 3.63) is 0 Å². The van der Waals surface area contributed by atoms with Crippen molar-refractivity contribution in [3.63, 3.8) is 0 Å². The molecular weight excluding hydrogens is 392 g/mol. The van der Waals surface area contributed by atoms with Gasteiger partial charge in [0, 0.05) is 13.1 Å². The first-order valence-corrected chi connectivity index (χ1v) is 10.4. The van der Waals surface area contributed by atoms with Crippen LogP contribution < -0.4 is 0 Å². The summed E-state index contributed by atoms with van der Waals surface area (Å²) < 4.78 is 55.7. The summed E-state index contributed by atoms with van der Waals surface area (Å²) in [7, 11) is -5.24. The standard InChI is InChI=1S/C15H28F3N2O6P/c1-4-7-9-19(10-8-5-2)14(27(23,24)25)20(11-12(21)26-6-3)13(22)15(16,17)18/h14H,4-11H2,1-3H3,(H2,23,24,25). The molecule has 0 fully saturated rings. The molecular formula is C15H28F3N2O6P. The maximum Gasteiger partial charge on any atom is 0.471 e. The highest BCUT2D eigenvalue weighted by atomic mass is 31.2. The lowest BCUT2D eigenvalue weighted by atomic mass is 10.2. The molecule has 27 heavy (non-hydrogen) atoms. The number of carbonyl (C=O) groups excluding carboxylic acids is 2. The van der Waals surface area contributed by atoms with Gasteiger partial charge in [0.25, 0.3) is 0 Å². The van der Waals surface area contributed by atoms with Gasteiger partial charge < -0.3 is 14.5 Å². The molecule has 1 amide bonds. The van der Waals surface area contributed by atoms with E-state index in [-0.39, 0.29) is 24.6 Å². The lowest BCUT2D eigenvalue weighted by Crippen LogP contribution is -2.56. The first-order valence-electron chi connectivity index (χ1n) is 8.72. The summed E-state index contributed by atoms with van der Waals surface area (Å²) in [5.74, 6) is -5.88. The maximum atomic E-state index is 13.0. The molecule has 12 heteroatoms. The highest BCUT2D eigenvalue weighted by molar-refractivity contribution is 7.52. The highest BCUT2D eigenvalue weighted by Gasteiger charge is 2.51. The Morgan fingerprint density at radius 1 is 1.07 bits per heavy atom. The molecule has 0 heterocycles. The Bertz CT molecular complexity index is 518. The number of esters is 1. The minimum absolute atomic E-state index is 0.0662. The zero-order valence-electron chi connectivity index (χ0n) is 15.7. The van der Waals surface area contributed by atoms with Gasteiger partial charge in [-0.1, -0.05) is 26.7 Å². The summed E-state index contributed by atoms with van der Waals surface area (Å²) in [5.41, 5.74) is 0. The maximum absolute atomic E-state index is 13.0. The van der Waals surface area contributed by atoms with E-state index in [1.165, 1.54) is 6.92 Å². The van der Waals surface area contributed by atoms with E-state index in [0.717, 1.165) is 4.90 Å². The van der Waals surface area contributed by atoms with Gasteiger partial charge in [-0.05, 0) is 19.8 Å². The highest BCUT2D eigenvalue weighted by Crippen LogP contribution is 2.46. The van der Waals surface area contributed by atoms with Crippen molar-refractivity contribution in [2.24, 2.45) is 0 Å². The molecule has 2 N–H and O–H groups in total. The SMILES string of the molecule is CCCCN(CCCC)C(N(CC(=O)OCC)C(=O)C(F)(F)F)P(=O)(O)O. The number of alkyl halides is 3. The summed E-state index contributed by atoms with van der Waals surface area (Å²) in [6.45, 7) is 3.81. The van der Waals surface area contributed by atoms with E-state index in [1.54, 1.807) is 0 Å². The molecule has 0 rings (SSSR count). The molecule has 1 unspecified atom stereocenters. The topological polar surface area (TPSA) is 107 Å². The molecule has 0 saturated heterocycles. The van der Waals surface area contributed by atoms with E-state index in [4.69, 9.17) is 0 Å². The third-order valence-corrected chi connectivity index (χ3v) is 4.82. The molecule has 0 spiro atoms. The number of halogens is 3. The predicted molar refractivity (Wildman–Crippen MR) is 91.6 cm³/mol. The second kappa shape index (κ2) is 11.6. The minimum atomic E-state index is -5.40. The second-order valence-corrected chi connectivity index (χ2v) is 7.55. The molecule has 0 aromatic rings. The van der Waals surface area contributed by atoms with Gasteiger partial charge in [-0.25, -0.2) is 0 Å². The predicted octanol–water partition coefficient (Wildman–Crippen LogP) is 2.30. The van der Waals surface area contributed by atoms with Gasteiger partial charge >= 0.3 is 25.6 Å². The number of hydrogen-bond acceptors (Lipinski definition) is 5. The molecule has 0 radical (unpaired) electrons. The van der Waals surface area contributed by atoms with Crippen LogP contribution in [0.4, 0.5) is 13.2 Å². The van der Waals surface area contributed by atoms with Crippen molar-refractivity contribution < 1.29 is 41.8 Å². The van der Waals surface area contributed by atoms with Crippen LogP contribution in [0.3, 0.4) is 0 Å². The Kier molecular flexibility index (Phi) is 11.1. The lowest BCUT2D eigenvalue weighted by Gasteiger charge is -2.39. The molecule has 160 valence electrons. The van der Waals surface area contributed by atoms with Crippen LogP contribution in [0.5, 0.6) is 0 Å². The van der Waals surface area contributed by atoms with E-state index in [1.807, 2.05) is 13.8 Å².